The van der Waals surface area contributed by atoms with Crippen molar-refractivity contribution in [1.29, 1.82) is 5.26 Å². The lowest BCUT2D eigenvalue weighted by Gasteiger charge is -2.22. The highest BCUT2D eigenvalue weighted by atomic mass is 15.3. The molecule has 0 saturated carbocycles. The molecule has 1 aromatic rings. The molecule has 0 spiro atoms. The van der Waals surface area contributed by atoms with Gasteiger partial charge in [0.2, 0.25) is 0 Å². The van der Waals surface area contributed by atoms with Crippen LogP contribution in [0.2, 0.25) is 0 Å². The summed E-state index contributed by atoms with van der Waals surface area (Å²) < 4.78 is 1.84. The summed E-state index contributed by atoms with van der Waals surface area (Å²) in [5, 5.41) is 13.0. The molecule has 0 unspecified atom stereocenters. The summed E-state index contributed by atoms with van der Waals surface area (Å²) in [5.74, 6) is 0. The van der Waals surface area contributed by atoms with Crippen LogP contribution in [0.5, 0.6) is 0 Å². The van der Waals surface area contributed by atoms with Crippen molar-refractivity contribution >= 4 is 0 Å². The van der Waals surface area contributed by atoms with Crippen LogP contribution in [0.15, 0.2) is 0 Å². The van der Waals surface area contributed by atoms with E-state index in [0.29, 0.717) is 6.54 Å². The summed E-state index contributed by atoms with van der Waals surface area (Å²) in [7, 11) is 2.12. The smallest absolute Gasteiger partial charge is 0.128 e. The van der Waals surface area contributed by atoms with Gasteiger partial charge in [0.25, 0.3) is 0 Å². The zero-order valence-corrected chi connectivity index (χ0v) is 8.62. The highest BCUT2D eigenvalue weighted by molar-refractivity contribution is 5.28. The molecule has 0 radical (unpaired) electrons. The van der Waals surface area contributed by atoms with Gasteiger partial charge in [-0.05, 0) is 14.0 Å². The zero-order valence-electron chi connectivity index (χ0n) is 8.62. The standard InChI is InChI=1S/C10H14N4/c1-8-9-7-13(2)5-3-10(9)14(12-8)6-4-11/h3,5-7H2,1-2H3. The van der Waals surface area contributed by atoms with Gasteiger partial charge in [0.1, 0.15) is 6.54 Å². The lowest BCUT2D eigenvalue weighted by atomic mass is 10.1. The summed E-state index contributed by atoms with van der Waals surface area (Å²) in [4.78, 5) is 2.29. The first-order valence-corrected chi connectivity index (χ1v) is 4.83. The van der Waals surface area contributed by atoms with Gasteiger partial charge in [0, 0.05) is 30.8 Å². The van der Waals surface area contributed by atoms with Crippen LogP contribution in [-0.2, 0) is 19.5 Å². The van der Waals surface area contributed by atoms with Gasteiger partial charge < -0.3 is 4.90 Å². The molecule has 1 aromatic heterocycles. The quantitative estimate of drug-likeness (QED) is 0.655. The molecule has 0 saturated heterocycles. The third kappa shape index (κ3) is 1.40. The molecule has 74 valence electrons. The number of nitriles is 1. The van der Waals surface area contributed by atoms with E-state index in [4.69, 9.17) is 5.26 Å². The maximum absolute atomic E-state index is 8.66. The zero-order chi connectivity index (χ0) is 10.1. The Kier molecular flexibility index (Phi) is 2.26. The van der Waals surface area contributed by atoms with Gasteiger partial charge in [-0.25, -0.2) is 0 Å². The van der Waals surface area contributed by atoms with Gasteiger partial charge in [0.15, 0.2) is 0 Å². The fourth-order valence-corrected chi connectivity index (χ4v) is 2.00. The van der Waals surface area contributed by atoms with Crippen LogP contribution in [0, 0.1) is 18.3 Å². The van der Waals surface area contributed by atoms with Crippen LogP contribution >= 0.6 is 0 Å². The van der Waals surface area contributed by atoms with Crippen molar-refractivity contribution in [3.8, 4) is 6.07 Å². The highest BCUT2D eigenvalue weighted by Gasteiger charge is 2.20. The van der Waals surface area contributed by atoms with E-state index in [1.807, 2.05) is 11.6 Å². The Morgan fingerprint density at radius 3 is 3.07 bits per heavy atom. The number of nitrogens with zero attached hydrogens (tertiary/aromatic N) is 4. The van der Waals surface area contributed by atoms with Gasteiger partial charge in [-0.2, -0.15) is 10.4 Å². The van der Waals surface area contributed by atoms with Crippen LogP contribution in [0.1, 0.15) is 17.0 Å². The van der Waals surface area contributed by atoms with Gasteiger partial charge in [-0.3, -0.25) is 4.68 Å². The molecule has 0 aliphatic carbocycles. The fraction of sp³-hybridized carbons (Fsp3) is 0.600. The molecule has 1 aliphatic heterocycles. The molecule has 14 heavy (non-hydrogen) atoms. The number of hydrogen-bond donors (Lipinski definition) is 0. The molecule has 0 fully saturated rings. The number of aromatic nitrogens is 2. The monoisotopic (exact) mass is 190 g/mol. The second-order valence-corrected chi connectivity index (χ2v) is 3.81. The average Bonchev–Trinajstić information content (AvgIpc) is 2.44. The maximum Gasteiger partial charge on any atom is 0.128 e. The molecule has 0 amide bonds. The van der Waals surface area contributed by atoms with E-state index in [9.17, 15) is 0 Å². The molecule has 0 atom stereocenters. The first-order valence-electron chi connectivity index (χ1n) is 4.83. The minimum atomic E-state index is 0.375. The normalized spacial score (nSPS) is 16.4. The first kappa shape index (κ1) is 9.22. The van der Waals surface area contributed by atoms with Crippen molar-refractivity contribution in [2.45, 2.75) is 26.4 Å². The minimum absolute atomic E-state index is 0.375. The van der Waals surface area contributed by atoms with Crippen molar-refractivity contribution in [3.63, 3.8) is 0 Å². The van der Waals surface area contributed by atoms with Crippen molar-refractivity contribution in [2.75, 3.05) is 13.6 Å². The second kappa shape index (κ2) is 3.43. The molecule has 1 aliphatic rings. The molecule has 4 nitrogen and oxygen atoms in total. The SMILES string of the molecule is Cc1nn(CC#N)c2c1CN(C)CC2. The van der Waals surface area contributed by atoms with Gasteiger partial charge >= 0.3 is 0 Å². The number of aryl methyl sites for hydroxylation is 1. The fourth-order valence-electron chi connectivity index (χ4n) is 2.00. The molecule has 2 rings (SSSR count). The van der Waals surface area contributed by atoms with E-state index >= 15 is 0 Å². The summed E-state index contributed by atoms with van der Waals surface area (Å²) in [6, 6.07) is 2.15. The third-order valence-electron chi connectivity index (χ3n) is 2.75. The van der Waals surface area contributed by atoms with Crippen LogP contribution in [0.3, 0.4) is 0 Å². The number of hydrogen-bond acceptors (Lipinski definition) is 3. The van der Waals surface area contributed by atoms with Crippen LogP contribution in [0.25, 0.3) is 0 Å². The number of fused-ring (bicyclic) bond motifs is 1. The Bertz CT molecular complexity index is 386. The van der Waals surface area contributed by atoms with Gasteiger partial charge in [-0.1, -0.05) is 0 Å². The summed E-state index contributed by atoms with van der Waals surface area (Å²) in [6.45, 7) is 4.42. The molecule has 0 bridgehead atoms. The number of rotatable bonds is 1. The lowest BCUT2D eigenvalue weighted by molar-refractivity contribution is 0.308. The van der Waals surface area contributed by atoms with E-state index in [2.05, 4.69) is 23.1 Å². The van der Waals surface area contributed by atoms with E-state index in [1.54, 1.807) is 0 Å². The lowest BCUT2D eigenvalue weighted by Crippen LogP contribution is -2.27. The van der Waals surface area contributed by atoms with Crippen molar-refractivity contribution in [2.24, 2.45) is 0 Å². The van der Waals surface area contributed by atoms with Crippen LogP contribution in [-0.4, -0.2) is 28.3 Å². The number of likely N-dealkylation sites (N-methyl/N-ethyl adjacent to an activating group) is 1. The Hall–Kier alpha value is -1.34. The van der Waals surface area contributed by atoms with Gasteiger partial charge in [-0.15, -0.1) is 0 Å². The van der Waals surface area contributed by atoms with E-state index < -0.39 is 0 Å². The molecular formula is C10H14N4. The molecule has 4 heteroatoms. The molecule has 0 aromatic carbocycles. The van der Waals surface area contributed by atoms with Crippen LogP contribution in [0.4, 0.5) is 0 Å². The molecule has 0 N–H and O–H groups in total. The Balaban J connectivity index is 2.39. The molecular weight excluding hydrogens is 176 g/mol. The van der Waals surface area contributed by atoms with Crippen molar-refractivity contribution < 1.29 is 0 Å². The third-order valence-corrected chi connectivity index (χ3v) is 2.75. The largest absolute Gasteiger partial charge is 0.302 e. The first-order chi connectivity index (χ1) is 6.72. The second-order valence-electron chi connectivity index (χ2n) is 3.81. The minimum Gasteiger partial charge on any atom is -0.302 e. The Labute approximate surface area is 83.7 Å². The van der Waals surface area contributed by atoms with Crippen LogP contribution < -0.4 is 0 Å². The van der Waals surface area contributed by atoms with Crippen molar-refractivity contribution in [3.05, 3.63) is 17.0 Å². The Morgan fingerprint density at radius 1 is 1.57 bits per heavy atom. The maximum atomic E-state index is 8.66. The summed E-state index contributed by atoms with van der Waals surface area (Å²) in [6.07, 6.45) is 1.01. The highest BCUT2D eigenvalue weighted by Crippen LogP contribution is 2.20. The van der Waals surface area contributed by atoms with E-state index in [1.165, 1.54) is 11.3 Å². The average molecular weight is 190 g/mol. The summed E-state index contributed by atoms with van der Waals surface area (Å²) >= 11 is 0. The predicted octanol–water partition coefficient (Wildman–Crippen LogP) is 0.703. The van der Waals surface area contributed by atoms with E-state index in [-0.39, 0.29) is 0 Å². The predicted molar refractivity (Wildman–Crippen MR) is 52.6 cm³/mol. The van der Waals surface area contributed by atoms with Crippen molar-refractivity contribution in [1.82, 2.24) is 14.7 Å². The van der Waals surface area contributed by atoms with Gasteiger partial charge in [0.05, 0.1) is 11.8 Å². The topological polar surface area (TPSA) is 44.9 Å². The Morgan fingerprint density at radius 2 is 2.36 bits per heavy atom. The molecule has 2 heterocycles. The summed E-state index contributed by atoms with van der Waals surface area (Å²) in [5.41, 5.74) is 3.64. The van der Waals surface area contributed by atoms with E-state index in [0.717, 1.165) is 25.2 Å².